The predicted octanol–water partition coefficient (Wildman–Crippen LogP) is 3.20. The molecule has 0 saturated carbocycles. The zero-order chi connectivity index (χ0) is 13.0. The van der Waals surface area contributed by atoms with Gasteiger partial charge < -0.3 is 14.3 Å². The quantitative estimate of drug-likeness (QED) is 0.672. The first-order chi connectivity index (χ1) is 8.69. The fourth-order valence-electron chi connectivity index (χ4n) is 1.29. The number of rotatable bonds is 4. The van der Waals surface area contributed by atoms with E-state index in [4.69, 9.17) is 14.3 Å². The van der Waals surface area contributed by atoms with Crippen LogP contribution in [0.5, 0.6) is 11.7 Å². The highest BCUT2D eigenvalue weighted by molar-refractivity contribution is 9.10. The number of anilines is 1. The molecule has 0 amide bonds. The highest BCUT2D eigenvalue weighted by Crippen LogP contribution is 2.24. The van der Waals surface area contributed by atoms with Crippen molar-refractivity contribution in [1.29, 1.82) is 0 Å². The topological polar surface area (TPSA) is 67.0 Å². The van der Waals surface area contributed by atoms with Crippen LogP contribution < -0.4 is 10.2 Å². The number of hydrogen-bond acceptors (Lipinski definition) is 5. The molecular weight excluding hydrogens is 300 g/mol. The number of hydrogen-bond donors (Lipinski definition) is 2. The number of benzene rings is 1. The van der Waals surface area contributed by atoms with E-state index in [2.05, 4.69) is 26.5 Å². The summed E-state index contributed by atoms with van der Waals surface area (Å²) in [5.41, 5.74) is 3.65. The number of nitrogens with zero attached hydrogens (tertiary/aromatic N) is 1. The fraction of sp³-hybridized carbons (Fsp3) is 0.0833. The molecule has 2 N–H and O–H groups in total. The van der Waals surface area contributed by atoms with E-state index in [9.17, 15) is 0 Å². The third kappa shape index (κ3) is 3.04. The number of halogens is 1. The fourth-order valence-corrected chi connectivity index (χ4v) is 1.67. The molecule has 2 rings (SSSR count). The van der Waals surface area contributed by atoms with Gasteiger partial charge in [-0.25, -0.2) is 0 Å². The smallest absolute Gasteiger partial charge is 0.283 e. The van der Waals surface area contributed by atoms with Gasteiger partial charge in [-0.2, -0.15) is 5.10 Å². The van der Waals surface area contributed by atoms with Crippen molar-refractivity contribution in [2.45, 2.75) is 0 Å². The van der Waals surface area contributed by atoms with Crippen LogP contribution in [0, 0.1) is 0 Å². The van der Waals surface area contributed by atoms with Crippen LogP contribution in [0.2, 0.25) is 0 Å². The molecule has 1 aromatic heterocycles. The van der Waals surface area contributed by atoms with E-state index in [1.54, 1.807) is 7.11 Å². The van der Waals surface area contributed by atoms with Crippen molar-refractivity contribution in [3.05, 3.63) is 40.6 Å². The summed E-state index contributed by atoms with van der Waals surface area (Å²) in [5.74, 6) is 1.06. The maximum atomic E-state index is 9.12. The average molecular weight is 311 g/mol. The minimum Gasteiger partial charge on any atom is -0.497 e. The molecule has 0 unspecified atom stereocenters. The van der Waals surface area contributed by atoms with Gasteiger partial charge in [-0.3, -0.25) is 5.43 Å². The van der Waals surface area contributed by atoms with Crippen LogP contribution in [0.15, 0.2) is 44.3 Å². The van der Waals surface area contributed by atoms with Gasteiger partial charge in [-0.05, 0) is 40.2 Å². The standard InChI is InChI=1S/C12H11BrN2O3/c1-17-9-4-2-8(3-5-9)15-14-7-11-10(13)6-12(16)18-11/h2-7,15-16H,1H3/b14-7+. The van der Waals surface area contributed by atoms with Crippen molar-refractivity contribution >= 4 is 27.8 Å². The molecule has 1 heterocycles. The van der Waals surface area contributed by atoms with E-state index < -0.39 is 0 Å². The normalized spacial score (nSPS) is 10.8. The second kappa shape index (κ2) is 5.59. The van der Waals surface area contributed by atoms with E-state index in [1.807, 2.05) is 24.3 Å². The van der Waals surface area contributed by atoms with E-state index in [0.717, 1.165) is 11.4 Å². The first-order valence-electron chi connectivity index (χ1n) is 5.10. The van der Waals surface area contributed by atoms with Gasteiger partial charge in [0, 0.05) is 6.07 Å². The zero-order valence-electron chi connectivity index (χ0n) is 9.55. The molecule has 18 heavy (non-hydrogen) atoms. The molecule has 0 atom stereocenters. The Morgan fingerprint density at radius 1 is 1.39 bits per heavy atom. The van der Waals surface area contributed by atoms with Gasteiger partial charge >= 0.3 is 0 Å². The lowest BCUT2D eigenvalue weighted by atomic mass is 10.3. The summed E-state index contributed by atoms with van der Waals surface area (Å²) in [6.45, 7) is 0. The SMILES string of the molecule is COc1ccc(N/N=C/c2oc(O)cc2Br)cc1. The molecule has 5 nitrogen and oxygen atoms in total. The van der Waals surface area contributed by atoms with Crippen LogP contribution in [0.1, 0.15) is 5.76 Å². The number of furan rings is 1. The van der Waals surface area contributed by atoms with Gasteiger partial charge in [0.1, 0.15) is 5.75 Å². The third-order valence-corrected chi connectivity index (χ3v) is 2.79. The molecule has 0 bridgehead atoms. The van der Waals surface area contributed by atoms with Gasteiger partial charge in [0.05, 0.1) is 23.5 Å². The third-order valence-electron chi connectivity index (χ3n) is 2.17. The number of methoxy groups -OCH3 is 1. The predicted molar refractivity (Wildman–Crippen MR) is 72.3 cm³/mol. The molecule has 0 fully saturated rings. The first-order valence-corrected chi connectivity index (χ1v) is 5.90. The summed E-state index contributed by atoms with van der Waals surface area (Å²) in [7, 11) is 1.61. The maximum Gasteiger partial charge on any atom is 0.283 e. The molecule has 0 spiro atoms. The highest BCUT2D eigenvalue weighted by Gasteiger charge is 2.04. The molecule has 2 aromatic rings. The average Bonchev–Trinajstić information content (AvgIpc) is 2.69. The van der Waals surface area contributed by atoms with Gasteiger partial charge in [-0.1, -0.05) is 0 Å². The van der Waals surface area contributed by atoms with Gasteiger partial charge in [0.2, 0.25) is 0 Å². The highest BCUT2D eigenvalue weighted by atomic mass is 79.9. The van der Waals surface area contributed by atoms with Crippen molar-refractivity contribution in [3.63, 3.8) is 0 Å². The minimum atomic E-state index is -0.159. The molecule has 6 heteroatoms. The molecule has 0 saturated heterocycles. The molecule has 0 radical (unpaired) electrons. The zero-order valence-corrected chi connectivity index (χ0v) is 11.1. The molecule has 0 aliphatic heterocycles. The summed E-state index contributed by atoms with van der Waals surface area (Å²) in [5, 5.41) is 13.1. The largest absolute Gasteiger partial charge is 0.497 e. The van der Waals surface area contributed by atoms with Gasteiger partial charge in [0.25, 0.3) is 5.95 Å². The van der Waals surface area contributed by atoms with E-state index >= 15 is 0 Å². The Morgan fingerprint density at radius 2 is 2.11 bits per heavy atom. The Bertz CT molecular complexity index is 549. The molecular formula is C12H11BrN2O3. The van der Waals surface area contributed by atoms with Crippen molar-refractivity contribution in [3.8, 4) is 11.7 Å². The van der Waals surface area contributed by atoms with Crippen LogP contribution in [0.25, 0.3) is 0 Å². The minimum absolute atomic E-state index is 0.159. The van der Waals surface area contributed by atoms with Crippen LogP contribution in [-0.4, -0.2) is 18.4 Å². The Balaban J connectivity index is 2.00. The van der Waals surface area contributed by atoms with E-state index in [1.165, 1.54) is 12.3 Å². The number of aromatic hydroxyl groups is 1. The van der Waals surface area contributed by atoms with Gasteiger partial charge in [-0.15, -0.1) is 0 Å². The van der Waals surface area contributed by atoms with E-state index in [-0.39, 0.29) is 5.95 Å². The van der Waals surface area contributed by atoms with Crippen molar-refractivity contribution in [2.24, 2.45) is 5.10 Å². The lowest BCUT2D eigenvalue weighted by molar-refractivity contribution is 0.331. The summed E-state index contributed by atoms with van der Waals surface area (Å²) in [4.78, 5) is 0. The summed E-state index contributed by atoms with van der Waals surface area (Å²) >= 11 is 3.23. The summed E-state index contributed by atoms with van der Waals surface area (Å²) in [6, 6.07) is 8.78. The van der Waals surface area contributed by atoms with E-state index in [0.29, 0.717) is 10.2 Å². The molecule has 1 aromatic carbocycles. The summed E-state index contributed by atoms with van der Waals surface area (Å²) < 4.78 is 10.7. The molecule has 0 aliphatic rings. The maximum absolute atomic E-state index is 9.12. The lowest BCUT2D eigenvalue weighted by Crippen LogP contribution is -1.90. The molecule has 94 valence electrons. The first kappa shape index (κ1) is 12.5. The second-order valence-corrected chi connectivity index (χ2v) is 4.25. The van der Waals surface area contributed by atoms with Crippen LogP contribution in [-0.2, 0) is 0 Å². The van der Waals surface area contributed by atoms with Crippen molar-refractivity contribution in [1.82, 2.24) is 0 Å². The number of nitrogens with one attached hydrogen (secondary N) is 1. The Hall–Kier alpha value is -1.95. The second-order valence-electron chi connectivity index (χ2n) is 3.40. The van der Waals surface area contributed by atoms with Crippen LogP contribution in [0.4, 0.5) is 5.69 Å². The summed E-state index contributed by atoms with van der Waals surface area (Å²) in [6.07, 6.45) is 1.47. The van der Waals surface area contributed by atoms with Gasteiger partial charge in [0.15, 0.2) is 5.76 Å². The van der Waals surface area contributed by atoms with Crippen molar-refractivity contribution in [2.75, 3.05) is 12.5 Å². The van der Waals surface area contributed by atoms with Crippen LogP contribution in [0.3, 0.4) is 0 Å². The van der Waals surface area contributed by atoms with Crippen molar-refractivity contribution < 1.29 is 14.3 Å². The number of hydrazone groups is 1. The molecule has 0 aliphatic carbocycles. The number of ether oxygens (including phenoxy) is 1. The monoisotopic (exact) mass is 310 g/mol. The lowest BCUT2D eigenvalue weighted by Gasteiger charge is -2.01. The Labute approximate surface area is 112 Å². The van der Waals surface area contributed by atoms with Crippen LogP contribution >= 0.6 is 15.9 Å². The Morgan fingerprint density at radius 3 is 2.67 bits per heavy atom. The Kier molecular flexibility index (Phi) is 3.88.